The number of aliphatic carboxylic acids is 1. The molecule has 0 N–H and O–H groups in total. The first-order chi connectivity index (χ1) is 39.6. The van der Waals surface area contributed by atoms with Crippen molar-refractivity contribution in [1.82, 2.24) is 0 Å². The van der Waals surface area contributed by atoms with E-state index in [-0.39, 0.29) is 38.6 Å². The molecule has 0 aliphatic heterocycles. The first kappa shape index (κ1) is 77.0. The van der Waals surface area contributed by atoms with E-state index >= 15 is 0 Å². The Kier molecular flexibility index (Phi) is 58.9. The van der Waals surface area contributed by atoms with E-state index in [9.17, 15) is 19.5 Å². The fraction of sp³-hybridized carbons (Fsp3) is 0.708. The number of allylic oxidation sites excluding steroid dienone is 18. The monoisotopic (exact) mass is 1130 g/mol. The SMILES string of the molecule is CC/C=C\C/C=C\C/C=C\C/C=C\C/C=C\CCCC(=O)OC(COC(=O)CCCCCCCCCCCCCCCCCCCCCCCCCCCC/C=C\C/C=C\C/C=C\C/C=C\CC)COC(OCC[N+](C)(C)C)C(=O)[O-]. The smallest absolute Gasteiger partial charge is 0.306 e. The molecule has 0 saturated carbocycles. The zero-order valence-corrected chi connectivity index (χ0v) is 52.9. The van der Waals surface area contributed by atoms with Crippen LogP contribution in [0.15, 0.2) is 109 Å². The lowest BCUT2D eigenvalue weighted by molar-refractivity contribution is -0.870. The zero-order chi connectivity index (χ0) is 59.1. The van der Waals surface area contributed by atoms with Gasteiger partial charge in [0, 0.05) is 12.8 Å². The topological polar surface area (TPSA) is 111 Å². The number of carboxylic acid groups (broad SMARTS) is 1. The van der Waals surface area contributed by atoms with Gasteiger partial charge in [0.05, 0.1) is 40.3 Å². The summed E-state index contributed by atoms with van der Waals surface area (Å²) in [4.78, 5) is 37.3. The summed E-state index contributed by atoms with van der Waals surface area (Å²) in [7, 11) is 5.90. The number of unbranched alkanes of at least 4 members (excludes halogenated alkanes) is 27. The van der Waals surface area contributed by atoms with Gasteiger partial charge in [0.2, 0.25) is 0 Å². The van der Waals surface area contributed by atoms with Crippen LogP contribution < -0.4 is 5.11 Å². The van der Waals surface area contributed by atoms with Crippen LogP contribution in [0.1, 0.15) is 271 Å². The molecule has 0 rings (SSSR count). The molecule has 9 heteroatoms. The van der Waals surface area contributed by atoms with Crippen molar-refractivity contribution in [3.63, 3.8) is 0 Å². The van der Waals surface area contributed by atoms with Gasteiger partial charge in [-0.15, -0.1) is 0 Å². The standard InChI is InChI=1S/C72H123NO8/c1-6-8-10-12-14-16-18-20-22-24-25-26-27-28-29-30-31-32-33-34-35-36-37-38-39-40-41-42-43-44-45-47-48-50-52-54-56-58-60-62-69(74)79-66-68(67-80-72(71(76)77)78-65-64-73(3,4)5)81-70(75)63-61-59-57-55-53-51-49-46-23-21-19-17-15-13-11-9-7-2/h8-11,14-17,20-23,25-26,49,51,55,57,68,72H,6-7,12-13,18-19,24,27-48,50,52-54,56,58-67H2,1-5H3/b10-8-,11-9-,16-14-,17-15-,22-20-,23-21-,26-25-,51-49-,57-55-. The van der Waals surface area contributed by atoms with Crippen LogP contribution in [0.2, 0.25) is 0 Å². The van der Waals surface area contributed by atoms with Gasteiger partial charge in [0.15, 0.2) is 12.4 Å². The van der Waals surface area contributed by atoms with Gasteiger partial charge < -0.3 is 33.3 Å². The predicted molar refractivity (Wildman–Crippen MR) is 343 cm³/mol. The quantitative estimate of drug-likeness (QED) is 0.0195. The summed E-state index contributed by atoms with van der Waals surface area (Å²) in [5.74, 6) is -2.36. The molecule has 0 aromatic carbocycles. The highest BCUT2D eigenvalue weighted by atomic mass is 16.7. The lowest BCUT2D eigenvalue weighted by atomic mass is 10.0. The van der Waals surface area contributed by atoms with Gasteiger partial charge in [-0.1, -0.05) is 277 Å². The van der Waals surface area contributed by atoms with Crippen molar-refractivity contribution in [2.45, 2.75) is 283 Å². The fourth-order valence-electron chi connectivity index (χ4n) is 9.04. The molecule has 0 spiro atoms. The Balaban J connectivity index is 4.01. The third-order valence-electron chi connectivity index (χ3n) is 14.0. The van der Waals surface area contributed by atoms with E-state index in [1.807, 2.05) is 21.1 Å². The molecule has 0 aliphatic carbocycles. The molecule has 0 amide bonds. The summed E-state index contributed by atoms with van der Waals surface area (Å²) in [5, 5.41) is 11.8. The maximum atomic E-state index is 12.8. The summed E-state index contributed by atoms with van der Waals surface area (Å²) >= 11 is 0. The molecule has 0 bridgehead atoms. The number of quaternary nitrogens is 1. The van der Waals surface area contributed by atoms with Gasteiger partial charge in [-0.25, -0.2) is 0 Å². The minimum Gasteiger partial charge on any atom is -0.545 e. The van der Waals surface area contributed by atoms with Crippen molar-refractivity contribution in [3.05, 3.63) is 109 Å². The largest absolute Gasteiger partial charge is 0.545 e. The van der Waals surface area contributed by atoms with Gasteiger partial charge in [-0.2, -0.15) is 0 Å². The van der Waals surface area contributed by atoms with Crippen molar-refractivity contribution >= 4 is 17.9 Å². The zero-order valence-electron chi connectivity index (χ0n) is 52.9. The first-order valence-electron chi connectivity index (χ1n) is 33.0. The van der Waals surface area contributed by atoms with Crippen LogP contribution in [0.25, 0.3) is 0 Å². The lowest BCUT2D eigenvalue weighted by Gasteiger charge is -2.26. The Labute approximate surface area is 498 Å². The van der Waals surface area contributed by atoms with Crippen LogP contribution >= 0.6 is 0 Å². The van der Waals surface area contributed by atoms with E-state index in [1.165, 1.54) is 154 Å². The average molecular weight is 1130 g/mol. The summed E-state index contributed by atoms with van der Waals surface area (Å²) in [6.45, 7) is 4.46. The molecule has 0 aliphatic rings. The van der Waals surface area contributed by atoms with Crippen molar-refractivity contribution < 1.29 is 42.9 Å². The number of ether oxygens (including phenoxy) is 4. The highest BCUT2D eigenvalue weighted by molar-refractivity contribution is 5.70. The third-order valence-corrected chi connectivity index (χ3v) is 14.0. The Hall–Kier alpha value is -4.05. The van der Waals surface area contributed by atoms with E-state index in [2.05, 4.69) is 123 Å². The first-order valence-corrected chi connectivity index (χ1v) is 33.0. The molecular formula is C72H123NO8. The van der Waals surface area contributed by atoms with Gasteiger partial charge in [-0.3, -0.25) is 9.59 Å². The molecule has 0 fully saturated rings. The van der Waals surface area contributed by atoms with Gasteiger partial charge >= 0.3 is 11.9 Å². The highest BCUT2D eigenvalue weighted by Gasteiger charge is 2.22. The number of rotatable bonds is 60. The Morgan fingerprint density at radius 1 is 0.370 bits per heavy atom. The molecule has 2 atom stereocenters. The second kappa shape index (κ2) is 62.0. The second-order valence-corrected chi connectivity index (χ2v) is 23.0. The Morgan fingerprint density at radius 3 is 1.02 bits per heavy atom. The molecule has 0 saturated heterocycles. The van der Waals surface area contributed by atoms with E-state index in [4.69, 9.17) is 18.9 Å². The maximum absolute atomic E-state index is 12.8. The fourth-order valence-corrected chi connectivity index (χ4v) is 9.04. The average Bonchev–Trinajstić information content (AvgIpc) is 3.44. The van der Waals surface area contributed by atoms with Crippen molar-refractivity contribution in [3.8, 4) is 0 Å². The van der Waals surface area contributed by atoms with E-state index in [0.29, 0.717) is 23.9 Å². The van der Waals surface area contributed by atoms with Crippen molar-refractivity contribution in [2.24, 2.45) is 0 Å². The summed E-state index contributed by atoms with van der Waals surface area (Å²) in [6.07, 6.45) is 83.4. The van der Waals surface area contributed by atoms with Crippen LogP contribution in [0.4, 0.5) is 0 Å². The summed E-state index contributed by atoms with van der Waals surface area (Å²) in [5.41, 5.74) is 0. The van der Waals surface area contributed by atoms with Crippen LogP contribution in [-0.2, 0) is 33.3 Å². The minimum atomic E-state index is -1.64. The molecule has 0 heterocycles. The molecule has 9 nitrogen and oxygen atoms in total. The minimum absolute atomic E-state index is 0.134. The number of likely N-dealkylation sites (N-methyl/N-ethyl adjacent to an activating group) is 1. The number of esters is 2. The predicted octanol–water partition coefficient (Wildman–Crippen LogP) is 18.9. The van der Waals surface area contributed by atoms with Crippen molar-refractivity contribution in [2.75, 3.05) is 47.5 Å². The third kappa shape index (κ3) is 63.4. The second-order valence-electron chi connectivity index (χ2n) is 23.0. The van der Waals surface area contributed by atoms with E-state index in [0.717, 1.165) is 77.0 Å². The van der Waals surface area contributed by atoms with E-state index in [1.54, 1.807) is 0 Å². The Bertz CT molecular complexity index is 1700. The summed E-state index contributed by atoms with van der Waals surface area (Å²) < 4.78 is 22.6. The van der Waals surface area contributed by atoms with Gasteiger partial charge in [0.25, 0.3) is 0 Å². The molecule has 0 aromatic heterocycles. The highest BCUT2D eigenvalue weighted by Crippen LogP contribution is 2.17. The molecule has 81 heavy (non-hydrogen) atoms. The number of hydrogen-bond donors (Lipinski definition) is 0. The molecular weight excluding hydrogens is 1010 g/mol. The molecule has 0 radical (unpaired) electrons. The lowest BCUT2D eigenvalue weighted by Crippen LogP contribution is -2.44. The van der Waals surface area contributed by atoms with Crippen molar-refractivity contribution in [1.29, 1.82) is 0 Å². The maximum Gasteiger partial charge on any atom is 0.306 e. The Morgan fingerprint density at radius 2 is 0.679 bits per heavy atom. The van der Waals surface area contributed by atoms with Gasteiger partial charge in [0.1, 0.15) is 13.2 Å². The van der Waals surface area contributed by atoms with Crippen LogP contribution in [0.3, 0.4) is 0 Å². The molecule has 464 valence electrons. The molecule has 2 unspecified atom stereocenters. The molecule has 0 aromatic rings. The van der Waals surface area contributed by atoms with E-state index < -0.39 is 24.3 Å². The van der Waals surface area contributed by atoms with Crippen LogP contribution in [0, 0.1) is 0 Å². The number of carbonyl (C=O) groups excluding carboxylic acids is 3. The summed E-state index contributed by atoms with van der Waals surface area (Å²) in [6, 6.07) is 0. The van der Waals surface area contributed by atoms with Gasteiger partial charge in [-0.05, 0) is 89.9 Å². The number of carbonyl (C=O) groups is 3. The number of hydrogen-bond acceptors (Lipinski definition) is 8. The number of carboxylic acids is 1. The van der Waals surface area contributed by atoms with Crippen LogP contribution in [0.5, 0.6) is 0 Å². The number of nitrogens with zero attached hydrogens (tertiary/aromatic N) is 1. The van der Waals surface area contributed by atoms with Crippen LogP contribution in [-0.4, -0.2) is 82.3 Å². The normalized spacial score (nSPS) is 13.4.